The SMILES string of the molecule is CC(C(=O)N[C@@H](C)c1cccc2ccccc12)n1cc(-c2ccc(Cl)cc2)n(C2CC2)c1=O. The number of benzene rings is 3. The third-order valence-electron chi connectivity index (χ3n) is 6.45. The predicted molar refractivity (Wildman–Crippen MR) is 133 cm³/mol. The third kappa shape index (κ3) is 4.09. The van der Waals surface area contributed by atoms with Crippen LogP contribution in [0.4, 0.5) is 0 Å². The molecule has 1 fully saturated rings. The number of aromatic nitrogens is 2. The molecule has 5 rings (SSSR count). The molecule has 0 bridgehead atoms. The maximum atomic E-state index is 13.3. The number of fused-ring (bicyclic) bond motifs is 1. The van der Waals surface area contributed by atoms with Crippen LogP contribution in [0.3, 0.4) is 0 Å². The van der Waals surface area contributed by atoms with E-state index in [1.165, 1.54) is 0 Å². The lowest BCUT2D eigenvalue weighted by atomic mass is 9.99. The first-order chi connectivity index (χ1) is 15.9. The van der Waals surface area contributed by atoms with Crippen LogP contribution in [0.15, 0.2) is 77.7 Å². The van der Waals surface area contributed by atoms with E-state index in [2.05, 4.69) is 23.5 Å². The van der Waals surface area contributed by atoms with Gasteiger partial charge in [-0.25, -0.2) is 4.79 Å². The van der Waals surface area contributed by atoms with Crippen molar-refractivity contribution >= 4 is 28.3 Å². The van der Waals surface area contributed by atoms with Gasteiger partial charge < -0.3 is 5.32 Å². The zero-order chi connectivity index (χ0) is 23.1. The van der Waals surface area contributed by atoms with Crippen molar-refractivity contribution in [1.29, 1.82) is 0 Å². The van der Waals surface area contributed by atoms with Crippen molar-refractivity contribution in [2.24, 2.45) is 0 Å². The van der Waals surface area contributed by atoms with E-state index in [9.17, 15) is 9.59 Å². The van der Waals surface area contributed by atoms with Crippen molar-refractivity contribution in [3.05, 3.63) is 94.0 Å². The minimum absolute atomic E-state index is 0.150. The minimum atomic E-state index is -0.638. The summed E-state index contributed by atoms with van der Waals surface area (Å²) in [5.41, 5.74) is 2.64. The lowest BCUT2D eigenvalue weighted by Crippen LogP contribution is -2.37. The first-order valence-corrected chi connectivity index (χ1v) is 11.7. The van der Waals surface area contributed by atoms with Gasteiger partial charge in [-0.05, 0) is 60.7 Å². The van der Waals surface area contributed by atoms with Gasteiger partial charge in [0.2, 0.25) is 5.91 Å². The average Bonchev–Trinajstić information content (AvgIpc) is 3.60. The summed E-state index contributed by atoms with van der Waals surface area (Å²) in [5.74, 6) is -0.187. The second-order valence-electron chi connectivity index (χ2n) is 8.79. The highest BCUT2D eigenvalue weighted by atomic mass is 35.5. The second kappa shape index (κ2) is 8.56. The molecule has 1 saturated carbocycles. The number of hydrogen-bond acceptors (Lipinski definition) is 2. The first-order valence-electron chi connectivity index (χ1n) is 11.3. The van der Waals surface area contributed by atoms with Crippen LogP contribution in [0.5, 0.6) is 0 Å². The topological polar surface area (TPSA) is 56.0 Å². The van der Waals surface area contributed by atoms with Crippen LogP contribution in [-0.2, 0) is 4.79 Å². The van der Waals surface area contributed by atoms with Crippen molar-refractivity contribution < 1.29 is 4.79 Å². The largest absolute Gasteiger partial charge is 0.348 e. The maximum absolute atomic E-state index is 13.3. The average molecular weight is 460 g/mol. The third-order valence-corrected chi connectivity index (χ3v) is 6.70. The monoisotopic (exact) mass is 459 g/mol. The highest BCUT2D eigenvalue weighted by Gasteiger charge is 2.31. The van der Waals surface area contributed by atoms with E-state index >= 15 is 0 Å². The molecule has 6 heteroatoms. The van der Waals surface area contributed by atoms with E-state index in [1.807, 2.05) is 60.0 Å². The summed E-state index contributed by atoms with van der Waals surface area (Å²) in [6.45, 7) is 3.75. The zero-order valence-electron chi connectivity index (χ0n) is 18.7. The van der Waals surface area contributed by atoms with Gasteiger partial charge in [-0.3, -0.25) is 13.9 Å². The quantitative estimate of drug-likeness (QED) is 0.390. The summed E-state index contributed by atoms with van der Waals surface area (Å²) < 4.78 is 3.37. The van der Waals surface area contributed by atoms with Crippen molar-refractivity contribution in [2.45, 2.75) is 44.8 Å². The lowest BCUT2D eigenvalue weighted by molar-refractivity contribution is -0.124. The number of nitrogens with one attached hydrogen (secondary N) is 1. The van der Waals surface area contributed by atoms with Crippen molar-refractivity contribution in [3.8, 4) is 11.3 Å². The number of rotatable bonds is 6. The van der Waals surface area contributed by atoms with Crippen LogP contribution >= 0.6 is 11.6 Å². The van der Waals surface area contributed by atoms with Crippen LogP contribution in [-0.4, -0.2) is 15.0 Å². The Morgan fingerprint density at radius 3 is 2.42 bits per heavy atom. The number of carbonyl (C=O) groups excluding carboxylic acids is 1. The number of nitrogens with zero attached hydrogens (tertiary/aromatic N) is 2. The molecule has 1 N–H and O–H groups in total. The minimum Gasteiger partial charge on any atom is -0.348 e. The number of amides is 1. The molecular weight excluding hydrogens is 434 g/mol. The summed E-state index contributed by atoms with van der Waals surface area (Å²) in [4.78, 5) is 26.5. The van der Waals surface area contributed by atoms with Gasteiger partial charge in [0, 0.05) is 17.3 Å². The molecule has 4 aromatic rings. The molecule has 1 amide bonds. The van der Waals surface area contributed by atoms with Gasteiger partial charge in [-0.2, -0.15) is 0 Å². The molecule has 168 valence electrons. The molecule has 1 aliphatic rings. The molecule has 1 aromatic heterocycles. The van der Waals surface area contributed by atoms with Crippen LogP contribution in [0, 0.1) is 0 Å². The molecular formula is C27H26ClN3O2. The molecule has 5 nitrogen and oxygen atoms in total. The number of halogens is 1. The fourth-order valence-corrected chi connectivity index (χ4v) is 4.57. The van der Waals surface area contributed by atoms with Gasteiger partial charge in [-0.1, -0.05) is 66.2 Å². The molecule has 0 radical (unpaired) electrons. The number of imidazole rings is 1. The smallest absolute Gasteiger partial charge is 0.329 e. The first kappa shape index (κ1) is 21.5. The van der Waals surface area contributed by atoms with E-state index in [-0.39, 0.29) is 23.7 Å². The van der Waals surface area contributed by atoms with Gasteiger partial charge in [0.25, 0.3) is 0 Å². The van der Waals surface area contributed by atoms with Gasteiger partial charge in [0.15, 0.2) is 0 Å². The number of carbonyl (C=O) groups is 1. The van der Waals surface area contributed by atoms with Crippen LogP contribution in [0.1, 0.15) is 50.4 Å². The molecule has 2 atom stereocenters. The fraction of sp³-hybridized carbons (Fsp3) is 0.259. The van der Waals surface area contributed by atoms with Gasteiger partial charge in [0.05, 0.1) is 11.7 Å². The Morgan fingerprint density at radius 2 is 1.70 bits per heavy atom. The van der Waals surface area contributed by atoms with Crippen molar-refractivity contribution in [3.63, 3.8) is 0 Å². The Hall–Kier alpha value is -3.31. The van der Waals surface area contributed by atoms with Gasteiger partial charge in [0.1, 0.15) is 6.04 Å². The maximum Gasteiger partial charge on any atom is 0.329 e. The normalized spacial score (nSPS) is 15.4. The summed E-state index contributed by atoms with van der Waals surface area (Å²) in [5, 5.41) is 6.00. The molecule has 1 unspecified atom stereocenters. The lowest BCUT2D eigenvalue weighted by Gasteiger charge is -2.20. The van der Waals surface area contributed by atoms with E-state index in [0.29, 0.717) is 5.02 Å². The van der Waals surface area contributed by atoms with E-state index < -0.39 is 6.04 Å². The van der Waals surface area contributed by atoms with E-state index in [4.69, 9.17) is 11.6 Å². The predicted octanol–water partition coefficient (Wildman–Crippen LogP) is 5.90. The van der Waals surface area contributed by atoms with E-state index in [1.54, 1.807) is 17.7 Å². The Balaban J connectivity index is 1.44. The molecule has 33 heavy (non-hydrogen) atoms. The van der Waals surface area contributed by atoms with Crippen LogP contribution < -0.4 is 11.0 Å². The van der Waals surface area contributed by atoms with Gasteiger partial charge in [-0.15, -0.1) is 0 Å². The fourth-order valence-electron chi connectivity index (χ4n) is 4.44. The molecule has 3 aromatic carbocycles. The standard InChI is InChI=1S/C27H26ClN3O2/c1-17(23-9-5-7-19-6-3-4-8-24(19)23)29-26(32)18(2)30-16-25(20-10-12-21(28)13-11-20)31(27(30)33)22-14-15-22/h3-13,16-18,22H,14-15H2,1-2H3,(H,29,32)/t17-,18?/m0/s1. The Bertz CT molecular complexity index is 1380. The van der Waals surface area contributed by atoms with Crippen LogP contribution in [0.25, 0.3) is 22.0 Å². The zero-order valence-corrected chi connectivity index (χ0v) is 19.4. The number of hydrogen-bond donors (Lipinski definition) is 1. The molecule has 0 saturated heterocycles. The summed E-state index contributed by atoms with van der Waals surface area (Å²) in [6, 6.07) is 21.1. The summed E-state index contributed by atoms with van der Waals surface area (Å²) >= 11 is 6.05. The Morgan fingerprint density at radius 1 is 1.00 bits per heavy atom. The van der Waals surface area contributed by atoms with Crippen molar-refractivity contribution in [2.75, 3.05) is 0 Å². The molecule has 0 aliphatic heterocycles. The van der Waals surface area contributed by atoms with E-state index in [0.717, 1.165) is 40.4 Å². The molecule has 0 spiro atoms. The van der Waals surface area contributed by atoms with Crippen LogP contribution in [0.2, 0.25) is 5.02 Å². The molecule has 1 heterocycles. The second-order valence-corrected chi connectivity index (χ2v) is 9.22. The Labute approximate surface area is 197 Å². The highest BCUT2D eigenvalue weighted by Crippen LogP contribution is 2.37. The summed E-state index contributed by atoms with van der Waals surface area (Å²) in [7, 11) is 0. The van der Waals surface area contributed by atoms with Gasteiger partial charge >= 0.3 is 5.69 Å². The Kier molecular flexibility index (Phi) is 5.59. The molecule has 1 aliphatic carbocycles. The van der Waals surface area contributed by atoms with Crippen molar-refractivity contribution in [1.82, 2.24) is 14.5 Å². The summed E-state index contributed by atoms with van der Waals surface area (Å²) in [6.07, 6.45) is 3.75. The highest BCUT2D eigenvalue weighted by molar-refractivity contribution is 6.30.